The van der Waals surface area contributed by atoms with Crippen LogP contribution in [0.3, 0.4) is 0 Å². The molecule has 5 nitrogen and oxygen atoms in total. The zero-order chi connectivity index (χ0) is 13.4. The zero-order valence-electron chi connectivity index (χ0n) is 10.7. The second kappa shape index (κ2) is 7.45. The van der Waals surface area contributed by atoms with Gasteiger partial charge in [-0.05, 0) is 18.6 Å². The number of para-hydroxylation sites is 1. The molecule has 0 heterocycles. The van der Waals surface area contributed by atoms with E-state index in [0.29, 0.717) is 13.1 Å². The van der Waals surface area contributed by atoms with Crippen LogP contribution < -0.4 is 16.0 Å². The molecule has 0 aliphatic heterocycles. The van der Waals surface area contributed by atoms with Gasteiger partial charge in [0.05, 0.1) is 6.54 Å². The van der Waals surface area contributed by atoms with Crippen LogP contribution in [0.5, 0.6) is 0 Å². The Hall–Kier alpha value is -1.88. The van der Waals surface area contributed by atoms with Crippen LogP contribution in [0.15, 0.2) is 24.3 Å². The third-order valence-corrected chi connectivity index (χ3v) is 2.30. The summed E-state index contributed by atoms with van der Waals surface area (Å²) < 4.78 is 0. The van der Waals surface area contributed by atoms with E-state index in [4.69, 9.17) is 0 Å². The third-order valence-electron chi connectivity index (χ3n) is 2.30. The summed E-state index contributed by atoms with van der Waals surface area (Å²) >= 11 is 0. The first-order valence-corrected chi connectivity index (χ1v) is 5.96. The fourth-order valence-corrected chi connectivity index (χ4v) is 1.56. The highest BCUT2D eigenvalue weighted by Crippen LogP contribution is 2.14. The minimum atomic E-state index is -0.105. The summed E-state index contributed by atoms with van der Waals surface area (Å²) in [6, 6.07) is 7.51. The summed E-state index contributed by atoms with van der Waals surface area (Å²) in [7, 11) is 0. The maximum atomic E-state index is 11.3. The van der Waals surface area contributed by atoms with Crippen molar-refractivity contribution in [3.63, 3.8) is 0 Å². The van der Waals surface area contributed by atoms with Gasteiger partial charge in [-0.15, -0.1) is 0 Å². The van der Waals surface area contributed by atoms with Crippen molar-refractivity contribution in [3.8, 4) is 0 Å². The van der Waals surface area contributed by atoms with Crippen molar-refractivity contribution in [2.45, 2.75) is 20.4 Å². The van der Waals surface area contributed by atoms with E-state index in [9.17, 15) is 9.59 Å². The molecule has 0 saturated heterocycles. The Balaban J connectivity index is 2.51. The average molecular weight is 249 g/mol. The summed E-state index contributed by atoms with van der Waals surface area (Å²) in [5.41, 5.74) is 1.73. The van der Waals surface area contributed by atoms with E-state index in [2.05, 4.69) is 16.0 Å². The molecule has 98 valence electrons. The van der Waals surface area contributed by atoms with Gasteiger partial charge in [-0.2, -0.15) is 0 Å². The number of amides is 2. The number of anilines is 1. The summed E-state index contributed by atoms with van der Waals surface area (Å²) in [6.45, 7) is 4.78. The highest BCUT2D eigenvalue weighted by atomic mass is 16.2. The average Bonchev–Trinajstić information content (AvgIpc) is 2.31. The van der Waals surface area contributed by atoms with E-state index in [1.165, 1.54) is 6.92 Å². The van der Waals surface area contributed by atoms with E-state index >= 15 is 0 Å². The van der Waals surface area contributed by atoms with Gasteiger partial charge in [-0.1, -0.05) is 18.2 Å². The normalized spacial score (nSPS) is 9.89. The van der Waals surface area contributed by atoms with Gasteiger partial charge in [0.1, 0.15) is 0 Å². The molecule has 0 saturated carbocycles. The molecule has 0 aliphatic rings. The smallest absolute Gasteiger partial charge is 0.233 e. The molecule has 3 N–H and O–H groups in total. The second-order valence-electron chi connectivity index (χ2n) is 3.90. The van der Waals surface area contributed by atoms with Gasteiger partial charge < -0.3 is 16.0 Å². The lowest BCUT2D eigenvalue weighted by Gasteiger charge is -2.10. The highest BCUT2D eigenvalue weighted by Gasteiger charge is 2.04. The predicted molar refractivity (Wildman–Crippen MR) is 71.1 cm³/mol. The van der Waals surface area contributed by atoms with E-state index in [1.807, 2.05) is 31.2 Å². The molecule has 0 unspecified atom stereocenters. The van der Waals surface area contributed by atoms with Crippen LogP contribution in [0.1, 0.15) is 19.4 Å². The Kier molecular flexibility index (Phi) is 5.87. The summed E-state index contributed by atoms with van der Waals surface area (Å²) in [5.74, 6) is -0.138. The van der Waals surface area contributed by atoms with Gasteiger partial charge in [-0.3, -0.25) is 9.59 Å². The second-order valence-corrected chi connectivity index (χ2v) is 3.90. The summed E-state index contributed by atoms with van der Waals surface area (Å²) in [5, 5.41) is 8.50. The molecule has 1 rings (SSSR count). The zero-order valence-corrected chi connectivity index (χ0v) is 10.7. The van der Waals surface area contributed by atoms with Crippen molar-refractivity contribution in [1.29, 1.82) is 0 Å². The number of carbonyl (C=O) groups is 2. The van der Waals surface area contributed by atoms with Gasteiger partial charge in [0.15, 0.2) is 0 Å². The first kappa shape index (κ1) is 14.2. The lowest BCUT2D eigenvalue weighted by molar-refractivity contribution is -0.120. The Morgan fingerprint density at radius 3 is 2.61 bits per heavy atom. The molecule has 0 radical (unpaired) electrons. The molecule has 2 amide bonds. The Morgan fingerprint density at radius 1 is 1.22 bits per heavy atom. The highest BCUT2D eigenvalue weighted by molar-refractivity contribution is 5.89. The lowest BCUT2D eigenvalue weighted by atomic mass is 10.1. The van der Waals surface area contributed by atoms with E-state index in [-0.39, 0.29) is 18.4 Å². The molecular formula is C13H19N3O2. The number of hydrogen-bond donors (Lipinski definition) is 3. The monoisotopic (exact) mass is 249 g/mol. The molecule has 0 atom stereocenters. The Labute approximate surface area is 107 Å². The van der Waals surface area contributed by atoms with Crippen molar-refractivity contribution in [2.75, 3.05) is 18.4 Å². The Morgan fingerprint density at radius 2 is 1.94 bits per heavy atom. The molecule has 1 aromatic rings. The van der Waals surface area contributed by atoms with Crippen LogP contribution in [-0.2, 0) is 16.1 Å². The van der Waals surface area contributed by atoms with Crippen molar-refractivity contribution in [3.05, 3.63) is 29.8 Å². The quantitative estimate of drug-likeness (QED) is 0.700. The largest absolute Gasteiger partial charge is 0.355 e. The summed E-state index contributed by atoms with van der Waals surface area (Å²) in [4.78, 5) is 22.3. The first-order valence-electron chi connectivity index (χ1n) is 5.96. The maximum absolute atomic E-state index is 11.3. The van der Waals surface area contributed by atoms with E-state index in [1.54, 1.807) is 0 Å². The van der Waals surface area contributed by atoms with Crippen molar-refractivity contribution in [2.24, 2.45) is 0 Å². The Bertz CT molecular complexity index is 418. The topological polar surface area (TPSA) is 70.2 Å². The SMILES string of the molecule is CCNC(=O)CNCc1ccccc1NC(C)=O. The van der Waals surface area contributed by atoms with Gasteiger partial charge in [-0.25, -0.2) is 0 Å². The standard InChI is InChI=1S/C13H19N3O2/c1-3-15-13(18)9-14-8-11-6-4-5-7-12(11)16-10(2)17/h4-7,14H,3,8-9H2,1-2H3,(H,15,18)(H,16,17). The first-order chi connectivity index (χ1) is 8.63. The number of rotatable bonds is 6. The van der Waals surface area contributed by atoms with Gasteiger partial charge in [0.25, 0.3) is 0 Å². The van der Waals surface area contributed by atoms with Crippen LogP contribution in [-0.4, -0.2) is 24.9 Å². The van der Waals surface area contributed by atoms with Crippen LogP contribution in [0, 0.1) is 0 Å². The van der Waals surface area contributed by atoms with E-state index in [0.717, 1.165) is 11.3 Å². The number of carbonyl (C=O) groups excluding carboxylic acids is 2. The van der Waals surface area contributed by atoms with Gasteiger partial charge in [0.2, 0.25) is 11.8 Å². The lowest BCUT2D eigenvalue weighted by Crippen LogP contribution is -2.33. The van der Waals surface area contributed by atoms with Crippen molar-refractivity contribution in [1.82, 2.24) is 10.6 Å². The van der Waals surface area contributed by atoms with E-state index < -0.39 is 0 Å². The number of likely N-dealkylation sites (N-methyl/N-ethyl adjacent to an activating group) is 1. The third kappa shape index (κ3) is 4.97. The number of nitrogens with one attached hydrogen (secondary N) is 3. The molecule has 5 heteroatoms. The summed E-state index contributed by atoms with van der Waals surface area (Å²) in [6.07, 6.45) is 0. The number of hydrogen-bond acceptors (Lipinski definition) is 3. The minimum Gasteiger partial charge on any atom is -0.355 e. The maximum Gasteiger partial charge on any atom is 0.233 e. The minimum absolute atomic E-state index is 0.0329. The van der Waals surface area contributed by atoms with Crippen molar-refractivity contribution >= 4 is 17.5 Å². The molecule has 0 spiro atoms. The fourth-order valence-electron chi connectivity index (χ4n) is 1.56. The van der Waals surface area contributed by atoms with Gasteiger partial charge >= 0.3 is 0 Å². The molecular weight excluding hydrogens is 230 g/mol. The van der Waals surface area contributed by atoms with Crippen molar-refractivity contribution < 1.29 is 9.59 Å². The van der Waals surface area contributed by atoms with Gasteiger partial charge in [0, 0.05) is 25.7 Å². The molecule has 0 aliphatic carbocycles. The predicted octanol–water partition coefficient (Wildman–Crippen LogP) is 0.871. The molecule has 0 fully saturated rings. The molecule has 18 heavy (non-hydrogen) atoms. The van der Waals surface area contributed by atoms with Crippen LogP contribution in [0.2, 0.25) is 0 Å². The molecule has 0 bridgehead atoms. The van der Waals surface area contributed by atoms with Crippen LogP contribution in [0.4, 0.5) is 5.69 Å². The molecule has 1 aromatic carbocycles. The fraction of sp³-hybridized carbons (Fsp3) is 0.385. The molecule has 0 aromatic heterocycles. The van der Waals surface area contributed by atoms with Crippen LogP contribution in [0.25, 0.3) is 0 Å². The van der Waals surface area contributed by atoms with Crippen LogP contribution >= 0.6 is 0 Å². The number of benzene rings is 1.